The molecule has 1 saturated heterocycles. The van der Waals surface area contributed by atoms with Crippen molar-refractivity contribution in [2.24, 2.45) is 0 Å². The van der Waals surface area contributed by atoms with Crippen LogP contribution in [0.1, 0.15) is 0 Å². The number of sulfonamides is 1. The van der Waals surface area contributed by atoms with Gasteiger partial charge < -0.3 is 15.4 Å². The highest BCUT2D eigenvalue weighted by Crippen LogP contribution is 2.28. The molecule has 0 aromatic heterocycles. The summed E-state index contributed by atoms with van der Waals surface area (Å²) in [5.41, 5.74) is 0.386. The lowest BCUT2D eigenvalue weighted by Crippen LogP contribution is -2.40. The molecule has 0 unspecified atom stereocenters. The molecule has 0 bridgehead atoms. The second-order valence-electron chi connectivity index (χ2n) is 4.74. The fourth-order valence-electron chi connectivity index (χ4n) is 2.07. The van der Waals surface area contributed by atoms with Gasteiger partial charge in [-0.2, -0.15) is 4.31 Å². The van der Waals surface area contributed by atoms with Gasteiger partial charge in [0.2, 0.25) is 15.9 Å². The molecule has 122 valence electrons. The normalized spacial score (nSPS) is 16.5. The maximum Gasteiger partial charge on any atom is 0.244 e. The summed E-state index contributed by atoms with van der Waals surface area (Å²) in [6, 6.07) is 4.40. The summed E-state index contributed by atoms with van der Waals surface area (Å²) in [4.78, 5) is 11.6. The molecule has 0 saturated carbocycles. The molecule has 2 N–H and O–H groups in total. The summed E-state index contributed by atoms with van der Waals surface area (Å²) in [5, 5.41) is 5.46. The molecule has 0 atom stereocenters. The molecule has 0 aliphatic carbocycles. The lowest BCUT2D eigenvalue weighted by Gasteiger charge is -2.26. The van der Waals surface area contributed by atoms with E-state index in [1.165, 1.54) is 16.4 Å². The van der Waals surface area contributed by atoms with E-state index < -0.39 is 10.0 Å². The molecule has 1 aliphatic rings. The Balaban J connectivity index is 2.27. The number of morpholine rings is 1. The number of carbonyl (C=O) groups is 1. The molecule has 1 heterocycles. The standard InChI is InChI=1S/C13H18ClN3O4S/c1-15-9-13(18)16-10-2-3-11(14)12(8-10)22(19,20)17-4-6-21-7-5-17/h2-3,8,15H,4-7,9H2,1H3,(H,16,18). The van der Waals surface area contributed by atoms with Crippen molar-refractivity contribution < 1.29 is 17.9 Å². The number of nitrogens with one attached hydrogen (secondary N) is 2. The third kappa shape index (κ3) is 3.96. The van der Waals surface area contributed by atoms with Crippen molar-refractivity contribution in [3.8, 4) is 0 Å². The van der Waals surface area contributed by atoms with Gasteiger partial charge in [-0.25, -0.2) is 8.42 Å². The van der Waals surface area contributed by atoms with Crippen LogP contribution in [0.2, 0.25) is 5.02 Å². The molecule has 1 aromatic rings. The van der Waals surface area contributed by atoms with Gasteiger partial charge in [0.15, 0.2) is 0 Å². The predicted molar refractivity (Wildman–Crippen MR) is 83.6 cm³/mol. The average molecular weight is 348 g/mol. The van der Waals surface area contributed by atoms with E-state index in [-0.39, 0.29) is 35.5 Å². The summed E-state index contributed by atoms with van der Waals surface area (Å²) in [7, 11) is -2.06. The first kappa shape index (κ1) is 17.2. The van der Waals surface area contributed by atoms with Crippen molar-refractivity contribution >= 4 is 33.2 Å². The summed E-state index contributed by atoms with van der Waals surface area (Å²) in [6.45, 7) is 1.42. The Morgan fingerprint density at radius 1 is 1.36 bits per heavy atom. The third-order valence-corrected chi connectivity index (χ3v) is 5.52. The van der Waals surface area contributed by atoms with Gasteiger partial charge in [0, 0.05) is 18.8 Å². The van der Waals surface area contributed by atoms with Gasteiger partial charge in [-0.05, 0) is 25.2 Å². The molecule has 0 spiro atoms. The first-order valence-corrected chi connectivity index (χ1v) is 8.59. The molecular weight excluding hydrogens is 330 g/mol. The number of hydrogen-bond acceptors (Lipinski definition) is 5. The largest absolute Gasteiger partial charge is 0.379 e. The first-order chi connectivity index (χ1) is 10.4. The van der Waals surface area contributed by atoms with Gasteiger partial charge in [0.25, 0.3) is 0 Å². The van der Waals surface area contributed by atoms with E-state index in [4.69, 9.17) is 16.3 Å². The first-order valence-electron chi connectivity index (χ1n) is 6.77. The van der Waals surface area contributed by atoms with Crippen molar-refractivity contribution in [1.82, 2.24) is 9.62 Å². The Morgan fingerprint density at radius 3 is 2.68 bits per heavy atom. The molecular formula is C13H18ClN3O4S. The number of ether oxygens (including phenoxy) is 1. The fraction of sp³-hybridized carbons (Fsp3) is 0.462. The van der Waals surface area contributed by atoms with Crippen LogP contribution in [0.5, 0.6) is 0 Å². The number of benzene rings is 1. The van der Waals surface area contributed by atoms with Crippen LogP contribution in [-0.2, 0) is 19.6 Å². The number of carbonyl (C=O) groups excluding carboxylic acids is 1. The highest BCUT2D eigenvalue weighted by atomic mass is 35.5. The monoisotopic (exact) mass is 347 g/mol. The van der Waals surface area contributed by atoms with E-state index in [1.807, 2.05) is 0 Å². The zero-order valence-electron chi connectivity index (χ0n) is 12.1. The predicted octanol–water partition coefficient (Wildman–Crippen LogP) is 0.519. The van der Waals surface area contributed by atoms with Crippen LogP contribution in [-0.4, -0.2) is 58.5 Å². The van der Waals surface area contributed by atoms with Crippen LogP contribution in [0.4, 0.5) is 5.69 Å². The maximum atomic E-state index is 12.6. The quantitative estimate of drug-likeness (QED) is 0.810. The highest BCUT2D eigenvalue weighted by molar-refractivity contribution is 7.89. The Morgan fingerprint density at radius 2 is 2.05 bits per heavy atom. The van der Waals surface area contributed by atoms with Crippen molar-refractivity contribution in [3.05, 3.63) is 23.2 Å². The maximum absolute atomic E-state index is 12.6. The van der Waals surface area contributed by atoms with Crippen LogP contribution in [0.25, 0.3) is 0 Å². The lowest BCUT2D eigenvalue weighted by molar-refractivity contribution is -0.115. The summed E-state index contributed by atoms with van der Waals surface area (Å²) in [6.07, 6.45) is 0. The number of anilines is 1. The molecule has 1 aliphatic heterocycles. The zero-order chi connectivity index (χ0) is 16.2. The van der Waals surface area contributed by atoms with Crippen molar-refractivity contribution in [3.63, 3.8) is 0 Å². The third-order valence-electron chi connectivity index (χ3n) is 3.14. The number of hydrogen-bond donors (Lipinski definition) is 2. The number of rotatable bonds is 5. The van der Waals surface area contributed by atoms with Crippen LogP contribution in [0, 0.1) is 0 Å². The minimum absolute atomic E-state index is 0.0154. The van der Waals surface area contributed by atoms with Gasteiger partial charge in [-0.15, -0.1) is 0 Å². The van der Waals surface area contributed by atoms with Crippen LogP contribution in [0.15, 0.2) is 23.1 Å². The summed E-state index contributed by atoms with van der Waals surface area (Å²) >= 11 is 6.04. The van der Waals surface area contributed by atoms with E-state index >= 15 is 0 Å². The number of halogens is 1. The Hall–Kier alpha value is -1.19. The lowest BCUT2D eigenvalue weighted by atomic mass is 10.3. The minimum Gasteiger partial charge on any atom is -0.379 e. The Kier molecular flexibility index (Phi) is 5.76. The second kappa shape index (κ2) is 7.38. The van der Waals surface area contributed by atoms with Gasteiger partial charge >= 0.3 is 0 Å². The van der Waals surface area contributed by atoms with Gasteiger partial charge in [-0.1, -0.05) is 11.6 Å². The zero-order valence-corrected chi connectivity index (χ0v) is 13.7. The van der Waals surface area contributed by atoms with Gasteiger partial charge in [-0.3, -0.25) is 4.79 Å². The molecule has 9 heteroatoms. The molecule has 2 rings (SSSR count). The van der Waals surface area contributed by atoms with Gasteiger partial charge in [0.05, 0.1) is 24.8 Å². The van der Waals surface area contributed by atoms with E-state index in [0.717, 1.165) is 0 Å². The number of amides is 1. The van der Waals surface area contributed by atoms with E-state index in [1.54, 1.807) is 13.1 Å². The second-order valence-corrected chi connectivity index (χ2v) is 7.05. The molecule has 22 heavy (non-hydrogen) atoms. The van der Waals surface area contributed by atoms with E-state index in [0.29, 0.717) is 18.9 Å². The number of likely N-dealkylation sites (N-methyl/N-ethyl adjacent to an activating group) is 1. The van der Waals surface area contributed by atoms with E-state index in [9.17, 15) is 13.2 Å². The molecule has 1 amide bonds. The van der Waals surface area contributed by atoms with Crippen LogP contribution < -0.4 is 10.6 Å². The SMILES string of the molecule is CNCC(=O)Nc1ccc(Cl)c(S(=O)(=O)N2CCOCC2)c1. The fourth-order valence-corrected chi connectivity index (χ4v) is 3.98. The summed E-state index contributed by atoms with van der Waals surface area (Å²) in [5.74, 6) is -0.264. The average Bonchev–Trinajstić information content (AvgIpc) is 2.50. The number of nitrogens with zero attached hydrogens (tertiary/aromatic N) is 1. The van der Waals surface area contributed by atoms with Crippen molar-refractivity contribution in [2.75, 3.05) is 45.2 Å². The molecule has 7 nitrogen and oxygen atoms in total. The van der Waals surface area contributed by atoms with Crippen molar-refractivity contribution in [1.29, 1.82) is 0 Å². The van der Waals surface area contributed by atoms with Crippen LogP contribution in [0.3, 0.4) is 0 Å². The summed E-state index contributed by atoms with van der Waals surface area (Å²) < 4.78 is 31.8. The highest BCUT2D eigenvalue weighted by Gasteiger charge is 2.28. The van der Waals surface area contributed by atoms with E-state index in [2.05, 4.69) is 10.6 Å². The molecule has 1 fully saturated rings. The Bertz CT molecular complexity index is 645. The molecule has 1 aromatic carbocycles. The Labute approximate surface area is 134 Å². The van der Waals surface area contributed by atoms with Gasteiger partial charge in [0.1, 0.15) is 4.90 Å². The van der Waals surface area contributed by atoms with Crippen molar-refractivity contribution in [2.45, 2.75) is 4.90 Å². The minimum atomic E-state index is -3.71. The smallest absolute Gasteiger partial charge is 0.244 e. The molecule has 0 radical (unpaired) electrons. The van der Waals surface area contributed by atoms with Crippen LogP contribution >= 0.6 is 11.6 Å². The topological polar surface area (TPSA) is 87.7 Å².